The van der Waals surface area contributed by atoms with Crippen LogP contribution in [0.2, 0.25) is 0 Å². The molecular formula is C12H17BrN2O2S. The zero-order valence-electron chi connectivity index (χ0n) is 10.5. The summed E-state index contributed by atoms with van der Waals surface area (Å²) in [5.74, 6) is 0.120. The van der Waals surface area contributed by atoms with E-state index in [1.807, 2.05) is 0 Å². The van der Waals surface area contributed by atoms with E-state index in [0.29, 0.717) is 0 Å². The van der Waals surface area contributed by atoms with E-state index >= 15 is 0 Å². The lowest BCUT2D eigenvalue weighted by Crippen LogP contribution is -2.41. The van der Waals surface area contributed by atoms with E-state index in [1.165, 1.54) is 4.88 Å². The first kappa shape index (κ1) is 13.8. The number of hydrogen-bond donors (Lipinski definition) is 1. The Kier molecular flexibility index (Phi) is 4.64. The van der Waals surface area contributed by atoms with Crippen LogP contribution >= 0.6 is 27.3 Å². The Morgan fingerprint density at radius 3 is 3.11 bits per heavy atom. The molecule has 1 amide bonds. The molecule has 0 spiro atoms. The van der Waals surface area contributed by atoms with Gasteiger partial charge in [-0.2, -0.15) is 0 Å². The van der Waals surface area contributed by atoms with E-state index in [9.17, 15) is 4.79 Å². The molecule has 0 aliphatic carbocycles. The molecule has 0 aromatic carbocycles. The fraction of sp³-hybridized carbons (Fsp3) is 0.583. The van der Waals surface area contributed by atoms with Gasteiger partial charge in [0.25, 0.3) is 0 Å². The summed E-state index contributed by atoms with van der Waals surface area (Å²) in [4.78, 5) is 15.2. The Morgan fingerprint density at radius 1 is 1.72 bits per heavy atom. The van der Waals surface area contributed by atoms with E-state index < -0.39 is 0 Å². The van der Waals surface area contributed by atoms with Crippen LogP contribution in [0.25, 0.3) is 0 Å². The van der Waals surface area contributed by atoms with Gasteiger partial charge in [-0.25, -0.2) is 0 Å². The molecule has 1 aromatic rings. The van der Waals surface area contributed by atoms with Crippen LogP contribution in [-0.4, -0.2) is 37.6 Å². The van der Waals surface area contributed by atoms with Crippen LogP contribution in [0.1, 0.15) is 17.7 Å². The number of ether oxygens (including phenoxy) is 1. The number of methoxy groups -OCH3 is 1. The van der Waals surface area contributed by atoms with Crippen molar-refractivity contribution in [2.24, 2.45) is 0 Å². The molecule has 2 rings (SSSR count). The highest BCUT2D eigenvalue weighted by Crippen LogP contribution is 2.36. The molecule has 2 heterocycles. The third-order valence-electron chi connectivity index (χ3n) is 3.16. The SMILES string of the molecule is CNC(=O)[C@H]1CCCN1Cc1cc(Br)c(OC)s1. The van der Waals surface area contributed by atoms with Crippen LogP contribution in [0, 0.1) is 0 Å². The van der Waals surface area contributed by atoms with E-state index in [1.54, 1.807) is 25.5 Å². The van der Waals surface area contributed by atoms with Gasteiger partial charge in [-0.05, 0) is 41.4 Å². The molecule has 1 aliphatic rings. The first-order valence-corrected chi connectivity index (χ1v) is 7.54. The Hall–Kier alpha value is -0.590. The number of amides is 1. The second-order valence-corrected chi connectivity index (χ2v) is 6.25. The average molecular weight is 333 g/mol. The normalized spacial score (nSPS) is 20.1. The lowest BCUT2D eigenvalue weighted by molar-refractivity contribution is -0.125. The molecule has 0 saturated carbocycles. The second kappa shape index (κ2) is 6.04. The van der Waals surface area contributed by atoms with Crippen LogP contribution in [0.4, 0.5) is 0 Å². The number of carbonyl (C=O) groups excluding carboxylic acids is 1. The van der Waals surface area contributed by atoms with Crippen molar-refractivity contribution in [3.05, 3.63) is 15.4 Å². The fourth-order valence-corrected chi connectivity index (χ4v) is 4.01. The first-order valence-electron chi connectivity index (χ1n) is 5.93. The lowest BCUT2D eigenvalue weighted by Gasteiger charge is -2.22. The molecule has 6 heteroatoms. The highest BCUT2D eigenvalue weighted by atomic mass is 79.9. The number of nitrogens with zero attached hydrogens (tertiary/aromatic N) is 1. The maximum Gasteiger partial charge on any atom is 0.237 e. The van der Waals surface area contributed by atoms with E-state index in [4.69, 9.17) is 4.74 Å². The Labute approximate surface area is 119 Å². The van der Waals surface area contributed by atoms with Crippen LogP contribution in [0.5, 0.6) is 5.06 Å². The maximum atomic E-state index is 11.8. The minimum atomic E-state index is 0.0156. The molecule has 1 atom stereocenters. The predicted molar refractivity (Wildman–Crippen MR) is 76.1 cm³/mol. The van der Waals surface area contributed by atoms with E-state index in [2.05, 4.69) is 32.2 Å². The van der Waals surface area contributed by atoms with Gasteiger partial charge in [0.1, 0.15) is 0 Å². The minimum absolute atomic E-state index is 0.0156. The van der Waals surface area contributed by atoms with Crippen LogP contribution in [0.15, 0.2) is 10.5 Å². The summed E-state index contributed by atoms with van der Waals surface area (Å²) < 4.78 is 6.25. The van der Waals surface area contributed by atoms with Crippen molar-refractivity contribution in [1.82, 2.24) is 10.2 Å². The minimum Gasteiger partial charge on any atom is -0.486 e. The Morgan fingerprint density at radius 2 is 2.50 bits per heavy atom. The number of rotatable bonds is 4. The summed E-state index contributed by atoms with van der Waals surface area (Å²) in [5.41, 5.74) is 0. The lowest BCUT2D eigenvalue weighted by atomic mass is 10.2. The number of nitrogens with one attached hydrogen (secondary N) is 1. The Balaban J connectivity index is 2.05. The molecule has 4 nitrogen and oxygen atoms in total. The smallest absolute Gasteiger partial charge is 0.237 e. The molecule has 1 saturated heterocycles. The summed E-state index contributed by atoms with van der Waals surface area (Å²) >= 11 is 5.10. The van der Waals surface area contributed by atoms with Gasteiger partial charge in [-0.1, -0.05) is 0 Å². The monoisotopic (exact) mass is 332 g/mol. The summed E-state index contributed by atoms with van der Waals surface area (Å²) in [5, 5.41) is 3.63. The highest BCUT2D eigenvalue weighted by molar-refractivity contribution is 9.10. The molecule has 1 fully saturated rings. The maximum absolute atomic E-state index is 11.8. The molecule has 18 heavy (non-hydrogen) atoms. The van der Waals surface area contributed by atoms with Gasteiger partial charge in [0, 0.05) is 18.5 Å². The largest absolute Gasteiger partial charge is 0.486 e. The van der Waals surface area contributed by atoms with Gasteiger partial charge in [-0.15, -0.1) is 11.3 Å². The molecule has 0 radical (unpaired) electrons. The summed E-state index contributed by atoms with van der Waals surface area (Å²) in [6.45, 7) is 1.79. The number of halogens is 1. The van der Waals surface area contributed by atoms with Crippen molar-refractivity contribution in [1.29, 1.82) is 0 Å². The van der Waals surface area contributed by atoms with Crippen LogP contribution in [0.3, 0.4) is 0 Å². The average Bonchev–Trinajstić information content (AvgIpc) is 2.95. The number of likely N-dealkylation sites (tertiary alicyclic amines) is 1. The van der Waals surface area contributed by atoms with Crippen LogP contribution in [-0.2, 0) is 11.3 Å². The van der Waals surface area contributed by atoms with Crippen molar-refractivity contribution in [3.8, 4) is 5.06 Å². The van der Waals surface area contributed by atoms with Crippen molar-refractivity contribution in [2.45, 2.75) is 25.4 Å². The van der Waals surface area contributed by atoms with Crippen molar-refractivity contribution in [2.75, 3.05) is 20.7 Å². The van der Waals surface area contributed by atoms with Gasteiger partial charge >= 0.3 is 0 Å². The van der Waals surface area contributed by atoms with Gasteiger partial charge in [0.05, 0.1) is 17.6 Å². The summed E-state index contributed by atoms with van der Waals surface area (Å²) in [6, 6.07) is 2.09. The summed E-state index contributed by atoms with van der Waals surface area (Å²) in [7, 11) is 3.37. The molecule has 100 valence electrons. The molecule has 1 aromatic heterocycles. The fourth-order valence-electron chi connectivity index (χ4n) is 2.29. The van der Waals surface area contributed by atoms with Crippen molar-refractivity contribution in [3.63, 3.8) is 0 Å². The first-order chi connectivity index (χ1) is 8.65. The standard InChI is InChI=1S/C12H17BrN2O2S/c1-14-11(16)10-4-3-5-15(10)7-8-6-9(13)12(17-2)18-8/h6,10H,3-5,7H2,1-2H3,(H,14,16)/t10-/m1/s1. The van der Waals surface area contributed by atoms with Crippen LogP contribution < -0.4 is 10.1 Å². The topological polar surface area (TPSA) is 41.6 Å². The molecule has 0 unspecified atom stereocenters. The number of hydrogen-bond acceptors (Lipinski definition) is 4. The predicted octanol–water partition coefficient (Wildman–Crippen LogP) is 2.23. The quantitative estimate of drug-likeness (QED) is 0.919. The van der Waals surface area contributed by atoms with Crippen molar-refractivity contribution >= 4 is 33.2 Å². The van der Waals surface area contributed by atoms with Gasteiger partial charge < -0.3 is 10.1 Å². The highest BCUT2D eigenvalue weighted by Gasteiger charge is 2.30. The third-order valence-corrected chi connectivity index (χ3v) is 5.10. The molecule has 0 bridgehead atoms. The molecular weight excluding hydrogens is 316 g/mol. The summed E-state index contributed by atoms with van der Waals surface area (Å²) in [6.07, 6.45) is 2.03. The van der Waals surface area contributed by atoms with Gasteiger partial charge in [0.15, 0.2) is 5.06 Å². The third kappa shape index (κ3) is 2.87. The van der Waals surface area contributed by atoms with E-state index in [-0.39, 0.29) is 11.9 Å². The molecule has 1 aliphatic heterocycles. The van der Waals surface area contributed by atoms with E-state index in [0.717, 1.165) is 35.5 Å². The second-order valence-electron chi connectivity index (χ2n) is 4.29. The zero-order valence-corrected chi connectivity index (χ0v) is 12.9. The van der Waals surface area contributed by atoms with Gasteiger partial charge in [0.2, 0.25) is 5.91 Å². The van der Waals surface area contributed by atoms with Crippen molar-refractivity contribution < 1.29 is 9.53 Å². The molecule has 1 N–H and O–H groups in total. The number of carbonyl (C=O) groups is 1. The van der Waals surface area contributed by atoms with Gasteiger partial charge in [-0.3, -0.25) is 9.69 Å². The number of thiophene rings is 1. The zero-order chi connectivity index (χ0) is 13.1. The Bertz CT molecular complexity index is 436. The number of likely N-dealkylation sites (N-methyl/N-ethyl adjacent to an activating group) is 1.